The first kappa shape index (κ1) is 10.3. The number of hydrogen-bond donors (Lipinski definition) is 1. The van der Waals surface area contributed by atoms with E-state index in [1.165, 1.54) is 6.33 Å². The van der Waals surface area contributed by atoms with E-state index in [1.54, 1.807) is 12.3 Å². The molecule has 3 aromatic rings. The molecule has 0 aliphatic carbocycles. The van der Waals surface area contributed by atoms with Crippen molar-refractivity contribution in [1.29, 1.82) is 5.26 Å². The van der Waals surface area contributed by atoms with E-state index in [9.17, 15) is 0 Å². The molecule has 0 bridgehead atoms. The minimum Gasteiger partial charge on any atom is -0.462 e. The summed E-state index contributed by atoms with van der Waals surface area (Å²) in [6.07, 6.45) is 2.97. The van der Waals surface area contributed by atoms with Gasteiger partial charge in [0.05, 0.1) is 5.69 Å². The van der Waals surface area contributed by atoms with Gasteiger partial charge in [-0.2, -0.15) is 5.26 Å². The summed E-state index contributed by atoms with van der Waals surface area (Å²) in [5.74, 6) is 0.563. The fourth-order valence-corrected chi connectivity index (χ4v) is 1.70. The van der Waals surface area contributed by atoms with Crippen LogP contribution in [0.4, 0.5) is 11.5 Å². The molecule has 0 saturated heterocycles. The molecule has 0 aliphatic rings. The number of nitrogens with zero attached hydrogens (tertiary/aromatic N) is 3. The van der Waals surface area contributed by atoms with E-state index in [4.69, 9.17) is 9.68 Å². The van der Waals surface area contributed by atoms with Gasteiger partial charge in [-0.15, -0.1) is 0 Å². The third-order valence-corrected chi connectivity index (χ3v) is 2.53. The zero-order valence-corrected chi connectivity index (χ0v) is 9.29. The van der Waals surface area contributed by atoms with Crippen LogP contribution >= 0.6 is 0 Å². The second kappa shape index (κ2) is 4.18. The molecular formula is C13H8N4O. The van der Waals surface area contributed by atoms with Crippen molar-refractivity contribution in [2.45, 2.75) is 0 Å². The Bertz CT molecular complexity index is 742. The highest BCUT2D eigenvalue weighted by Gasteiger charge is 2.06. The van der Waals surface area contributed by atoms with Crippen LogP contribution in [0.15, 0.2) is 47.3 Å². The maximum Gasteiger partial charge on any atom is 0.145 e. The molecular weight excluding hydrogens is 228 g/mol. The van der Waals surface area contributed by atoms with E-state index in [2.05, 4.69) is 15.3 Å². The van der Waals surface area contributed by atoms with Crippen LogP contribution in [0.1, 0.15) is 5.69 Å². The molecule has 0 unspecified atom stereocenters. The van der Waals surface area contributed by atoms with Crippen molar-refractivity contribution >= 4 is 22.5 Å². The predicted octanol–water partition coefficient (Wildman–Crippen LogP) is 2.84. The summed E-state index contributed by atoms with van der Waals surface area (Å²) in [4.78, 5) is 7.87. The zero-order chi connectivity index (χ0) is 12.4. The van der Waals surface area contributed by atoms with Gasteiger partial charge in [0.25, 0.3) is 0 Å². The normalized spacial score (nSPS) is 10.2. The van der Waals surface area contributed by atoms with E-state index < -0.39 is 0 Å². The van der Waals surface area contributed by atoms with Crippen molar-refractivity contribution in [3.8, 4) is 6.07 Å². The molecule has 1 N–H and O–H groups in total. The summed E-state index contributed by atoms with van der Waals surface area (Å²) < 4.78 is 5.41. The lowest BCUT2D eigenvalue weighted by atomic mass is 10.2. The largest absolute Gasteiger partial charge is 0.462 e. The number of furan rings is 1. The molecule has 0 saturated carbocycles. The number of rotatable bonds is 2. The molecule has 2 aromatic heterocycles. The molecule has 0 fully saturated rings. The van der Waals surface area contributed by atoms with Gasteiger partial charge in [0.1, 0.15) is 35.8 Å². The molecule has 5 heteroatoms. The minimum absolute atomic E-state index is 0.320. The van der Waals surface area contributed by atoms with Gasteiger partial charge in [0.15, 0.2) is 0 Å². The molecule has 5 nitrogen and oxygen atoms in total. The van der Waals surface area contributed by atoms with Crippen LogP contribution < -0.4 is 5.32 Å². The van der Waals surface area contributed by atoms with Gasteiger partial charge in [-0.3, -0.25) is 0 Å². The van der Waals surface area contributed by atoms with Crippen LogP contribution in [0.3, 0.4) is 0 Å². The van der Waals surface area contributed by atoms with Crippen LogP contribution in [-0.2, 0) is 0 Å². The molecule has 2 heterocycles. The van der Waals surface area contributed by atoms with Crippen molar-refractivity contribution in [2.75, 3.05) is 5.32 Å². The van der Waals surface area contributed by atoms with Gasteiger partial charge in [-0.25, -0.2) is 9.97 Å². The summed E-state index contributed by atoms with van der Waals surface area (Å²) in [6.45, 7) is 0. The Kier molecular flexibility index (Phi) is 2.39. The molecule has 18 heavy (non-hydrogen) atoms. The summed E-state index contributed by atoms with van der Waals surface area (Å²) in [5, 5.41) is 12.8. The standard InChI is InChI=1S/C13H8N4O/c14-6-9-5-13(16-8-15-9)17-11-7-18-12-4-2-1-3-10(11)12/h1-5,7-8H,(H,15,16,17). The van der Waals surface area contributed by atoms with Gasteiger partial charge in [-0.05, 0) is 12.1 Å². The van der Waals surface area contributed by atoms with Gasteiger partial charge >= 0.3 is 0 Å². The van der Waals surface area contributed by atoms with E-state index >= 15 is 0 Å². The molecule has 86 valence electrons. The van der Waals surface area contributed by atoms with Gasteiger partial charge in [0.2, 0.25) is 0 Å². The average molecular weight is 236 g/mol. The zero-order valence-electron chi connectivity index (χ0n) is 9.29. The number of fused-ring (bicyclic) bond motifs is 1. The molecule has 3 rings (SSSR count). The number of nitrogens with one attached hydrogen (secondary N) is 1. The van der Waals surface area contributed by atoms with Gasteiger partial charge < -0.3 is 9.73 Å². The number of anilines is 2. The van der Waals surface area contributed by atoms with Crippen molar-refractivity contribution in [3.05, 3.63) is 48.6 Å². The Morgan fingerprint density at radius 1 is 1.22 bits per heavy atom. The number of benzene rings is 1. The second-order valence-corrected chi connectivity index (χ2v) is 3.67. The maximum absolute atomic E-state index is 8.77. The summed E-state index contributed by atoms with van der Waals surface area (Å²) >= 11 is 0. The van der Waals surface area contributed by atoms with Crippen molar-refractivity contribution in [1.82, 2.24) is 9.97 Å². The van der Waals surface area contributed by atoms with Crippen molar-refractivity contribution < 1.29 is 4.42 Å². The van der Waals surface area contributed by atoms with Crippen molar-refractivity contribution in [3.63, 3.8) is 0 Å². The fourth-order valence-electron chi connectivity index (χ4n) is 1.70. The molecule has 0 atom stereocenters. The third-order valence-electron chi connectivity index (χ3n) is 2.53. The number of aromatic nitrogens is 2. The smallest absolute Gasteiger partial charge is 0.145 e. The first-order chi connectivity index (χ1) is 8.86. The number of nitriles is 1. The van der Waals surface area contributed by atoms with Gasteiger partial charge in [0, 0.05) is 11.5 Å². The quantitative estimate of drug-likeness (QED) is 0.740. The van der Waals surface area contributed by atoms with Gasteiger partial charge in [-0.1, -0.05) is 12.1 Å². The number of para-hydroxylation sites is 1. The van der Waals surface area contributed by atoms with Crippen LogP contribution in [0.25, 0.3) is 11.0 Å². The Balaban J connectivity index is 1.99. The van der Waals surface area contributed by atoms with E-state index in [0.29, 0.717) is 11.5 Å². The van der Waals surface area contributed by atoms with E-state index in [0.717, 1.165) is 16.7 Å². The molecule has 0 radical (unpaired) electrons. The Morgan fingerprint density at radius 3 is 3.00 bits per heavy atom. The van der Waals surface area contributed by atoms with Crippen LogP contribution in [0.5, 0.6) is 0 Å². The minimum atomic E-state index is 0.320. The summed E-state index contributed by atoms with van der Waals surface area (Å²) in [5.41, 5.74) is 1.93. The SMILES string of the molecule is N#Cc1cc(Nc2coc3ccccc23)ncn1. The van der Waals surface area contributed by atoms with E-state index in [1.807, 2.05) is 30.3 Å². The Labute approximate surface area is 103 Å². The highest BCUT2D eigenvalue weighted by molar-refractivity contribution is 5.91. The van der Waals surface area contributed by atoms with Crippen LogP contribution in [0, 0.1) is 11.3 Å². The lowest BCUT2D eigenvalue weighted by molar-refractivity contribution is 0.617. The lowest BCUT2D eigenvalue weighted by Gasteiger charge is -2.02. The lowest BCUT2D eigenvalue weighted by Crippen LogP contribution is -1.94. The monoisotopic (exact) mass is 236 g/mol. The Morgan fingerprint density at radius 2 is 2.11 bits per heavy atom. The molecule has 1 aromatic carbocycles. The predicted molar refractivity (Wildman–Crippen MR) is 66.2 cm³/mol. The third kappa shape index (κ3) is 1.76. The van der Waals surface area contributed by atoms with E-state index in [-0.39, 0.29) is 0 Å². The summed E-state index contributed by atoms with van der Waals surface area (Å²) in [7, 11) is 0. The van der Waals surface area contributed by atoms with Crippen LogP contribution in [0.2, 0.25) is 0 Å². The van der Waals surface area contributed by atoms with Crippen LogP contribution in [-0.4, -0.2) is 9.97 Å². The first-order valence-electron chi connectivity index (χ1n) is 5.32. The molecule has 0 aliphatic heterocycles. The second-order valence-electron chi connectivity index (χ2n) is 3.67. The molecule has 0 amide bonds. The average Bonchev–Trinajstić information content (AvgIpc) is 2.83. The highest BCUT2D eigenvalue weighted by Crippen LogP contribution is 2.27. The maximum atomic E-state index is 8.77. The first-order valence-corrected chi connectivity index (χ1v) is 5.32. The highest BCUT2D eigenvalue weighted by atomic mass is 16.3. The fraction of sp³-hybridized carbons (Fsp3) is 0. The number of hydrogen-bond acceptors (Lipinski definition) is 5. The summed E-state index contributed by atoms with van der Waals surface area (Å²) in [6, 6.07) is 11.2. The van der Waals surface area contributed by atoms with Crippen molar-refractivity contribution in [2.24, 2.45) is 0 Å². The topological polar surface area (TPSA) is 74.7 Å². The Hall–Kier alpha value is -2.87. The molecule has 0 spiro atoms.